The van der Waals surface area contributed by atoms with Gasteiger partial charge in [-0.3, -0.25) is 14.9 Å². The molecule has 0 unspecified atom stereocenters. The minimum atomic E-state index is -1.04. The summed E-state index contributed by atoms with van der Waals surface area (Å²) in [6.45, 7) is 5.38. The third-order valence-electron chi connectivity index (χ3n) is 4.50. The molecule has 3 rings (SSSR count). The molecule has 29 heavy (non-hydrogen) atoms. The minimum Gasteiger partial charge on any atom is -0.491 e. The molecule has 0 saturated heterocycles. The Labute approximate surface area is 169 Å². The van der Waals surface area contributed by atoms with Crippen LogP contribution in [0.3, 0.4) is 0 Å². The molecule has 154 valence electrons. The lowest BCUT2D eigenvalue weighted by Gasteiger charge is -2.12. The summed E-state index contributed by atoms with van der Waals surface area (Å²) in [6.07, 6.45) is 0.714. The van der Waals surface area contributed by atoms with Gasteiger partial charge in [0.15, 0.2) is 0 Å². The number of nitrogens with one attached hydrogen (secondary N) is 2. The number of benzene rings is 1. The van der Waals surface area contributed by atoms with Crippen LogP contribution in [0, 0.1) is 19.8 Å². The smallest absolute Gasteiger partial charge is 0.270 e. The second kappa shape index (κ2) is 8.98. The fourth-order valence-electron chi connectivity index (χ4n) is 2.73. The highest BCUT2D eigenvalue weighted by molar-refractivity contribution is 5.95. The maximum atomic E-state index is 12.9. The summed E-state index contributed by atoms with van der Waals surface area (Å²) in [5, 5.41) is 5.49. The zero-order chi connectivity index (χ0) is 21.0. The highest BCUT2D eigenvalue weighted by atomic mass is 19.1. The van der Waals surface area contributed by atoms with Crippen LogP contribution >= 0.6 is 0 Å². The van der Waals surface area contributed by atoms with Crippen molar-refractivity contribution in [1.29, 1.82) is 0 Å². The van der Waals surface area contributed by atoms with E-state index < -0.39 is 6.17 Å². The molecule has 2 aromatic rings. The standard InChI is InChI=1S/C21H25FN4O3/c1-12-8-17(29-11-13(2)22)7-6-16(12)10-23-20(28)18-9-14(3)24-21(25-18)26-19(27)15-4-5-15/h6-9,13,15H,4-5,10-11H2,1-3H3,(H,23,28)(H,24,25,26,27)/t13-/m1/s1. The zero-order valence-corrected chi connectivity index (χ0v) is 16.8. The molecule has 1 fully saturated rings. The number of amides is 2. The van der Waals surface area contributed by atoms with Crippen LogP contribution < -0.4 is 15.4 Å². The quantitative estimate of drug-likeness (QED) is 0.710. The molecule has 7 nitrogen and oxygen atoms in total. The van der Waals surface area contributed by atoms with Gasteiger partial charge in [-0.05, 0) is 62.9 Å². The van der Waals surface area contributed by atoms with E-state index in [0.29, 0.717) is 18.0 Å². The van der Waals surface area contributed by atoms with E-state index >= 15 is 0 Å². The molecular weight excluding hydrogens is 375 g/mol. The van der Waals surface area contributed by atoms with Gasteiger partial charge in [-0.2, -0.15) is 0 Å². The van der Waals surface area contributed by atoms with Gasteiger partial charge in [0.2, 0.25) is 11.9 Å². The number of hydrogen-bond donors (Lipinski definition) is 2. The molecule has 2 amide bonds. The van der Waals surface area contributed by atoms with Crippen molar-refractivity contribution in [1.82, 2.24) is 15.3 Å². The first-order valence-electron chi connectivity index (χ1n) is 9.63. The zero-order valence-electron chi connectivity index (χ0n) is 16.8. The van der Waals surface area contributed by atoms with Crippen molar-refractivity contribution in [3.8, 4) is 5.75 Å². The summed E-state index contributed by atoms with van der Waals surface area (Å²) in [7, 11) is 0. The number of carbonyl (C=O) groups excluding carboxylic acids is 2. The van der Waals surface area contributed by atoms with E-state index in [0.717, 1.165) is 24.0 Å². The number of aryl methyl sites for hydroxylation is 2. The van der Waals surface area contributed by atoms with E-state index in [1.807, 2.05) is 19.1 Å². The van der Waals surface area contributed by atoms with Crippen molar-refractivity contribution >= 4 is 17.8 Å². The van der Waals surface area contributed by atoms with Crippen LogP contribution in [0.1, 0.15) is 47.1 Å². The predicted molar refractivity (Wildman–Crippen MR) is 107 cm³/mol. The van der Waals surface area contributed by atoms with Crippen LogP contribution in [0.4, 0.5) is 10.3 Å². The van der Waals surface area contributed by atoms with Crippen LogP contribution in [-0.2, 0) is 11.3 Å². The van der Waals surface area contributed by atoms with E-state index in [4.69, 9.17) is 4.74 Å². The molecule has 0 spiro atoms. The molecule has 0 aliphatic heterocycles. The number of rotatable bonds is 8. The number of halogens is 1. The van der Waals surface area contributed by atoms with Crippen LogP contribution in [0.5, 0.6) is 5.75 Å². The summed E-state index contributed by atoms with van der Waals surface area (Å²) in [6, 6.07) is 6.96. The Morgan fingerprint density at radius 3 is 2.66 bits per heavy atom. The summed E-state index contributed by atoms with van der Waals surface area (Å²) in [4.78, 5) is 32.8. The molecule has 0 bridgehead atoms. The lowest BCUT2D eigenvalue weighted by molar-refractivity contribution is -0.117. The SMILES string of the molecule is Cc1cc(C(=O)NCc2ccc(OC[C@@H](C)F)cc2C)nc(NC(=O)C2CC2)n1. The predicted octanol–water partition coefficient (Wildman–Crippen LogP) is 3.11. The summed E-state index contributed by atoms with van der Waals surface area (Å²) >= 11 is 0. The Hall–Kier alpha value is -3.03. The summed E-state index contributed by atoms with van der Waals surface area (Å²) in [5.74, 6) is 0.293. The first-order chi connectivity index (χ1) is 13.8. The van der Waals surface area contributed by atoms with Crippen molar-refractivity contribution in [2.24, 2.45) is 5.92 Å². The second-order valence-electron chi connectivity index (χ2n) is 7.34. The lowest BCUT2D eigenvalue weighted by atomic mass is 10.1. The molecule has 1 heterocycles. The van der Waals surface area contributed by atoms with Gasteiger partial charge < -0.3 is 10.1 Å². The molecule has 0 radical (unpaired) electrons. The largest absolute Gasteiger partial charge is 0.491 e. The Morgan fingerprint density at radius 2 is 2.00 bits per heavy atom. The Balaban J connectivity index is 1.61. The Morgan fingerprint density at radius 1 is 1.24 bits per heavy atom. The van der Waals surface area contributed by atoms with Gasteiger partial charge in [-0.25, -0.2) is 14.4 Å². The minimum absolute atomic E-state index is 0.00219. The molecule has 1 aromatic heterocycles. The first-order valence-corrected chi connectivity index (χ1v) is 9.63. The fraction of sp³-hybridized carbons (Fsp3) is 0.429. The summed E-state index contributed by atoms with van der Waals surface area (Å²) in [5.41, 5.74) is 2.62. The molecule has 1 aliphatic carbocycles. The fourth-order valence-corrected chi connectivity index (χ4v) is 2.73. The van der Waals surface area contributed by atoms with Gasteiger partial charge >= 0.3 is 0 Å². The van der Waals surface area contributed by atoms with Crippen LogP contribution in [0.25, 0.3) is 0 Å². The van der Waals surface area contributed by atoms with Crippen molar-refractivity contribution < 1.29 is 18.7 Å². The molecular formula is C21H25FN4O3. The van der Waals surface area contributed by atoms with Gasteiger partial charge in [0, 0.05) is 18.2 Å². The molecule has 1 aromatic carbocycles. The second-order valence-corrected chi connectivity index (χ2v) is 7.34. The van der Waals surface area contributed by atoms with Gasteiger partial charge in [-0.15, -0.1) is 0 Å². The van der Waals surface area contributed by atoms with Crippen molar-refractivity contribution in [2.45, 2.75) is 46.3 Å². The number of anilines is 1. The number of aromatic nitrogens is 2. The molecule has 1 saturated carbocycles. The molecule has 8 heteroatoms. The number of carbonyl (C=O) groups is 2. The van der Waals surface area contributed by atoms with Crippen molar-refractivity contribution in [2.75, 3.05) is 11.9 Å². The van der Waals surface area contributed by atoms with E-state index in [-0.39, 0.29) is 36.0 Å². The van der Waals surface area contributed by atoms with Crippen LogP contribution in [0.15, 0.2) is 24.3 Å². The lowest BCUT2D eigenvalue weighted by Crippen LogP contribution is -2.25. The topological polar surface area (TPSA) is 93.2 Å². The van der Waals surface area contributed by atoms with Gasteiger partial charge in [0.05, 0.1) is 0 Å². The van der Waals surface area contributed by atoms with Crippen LogP contribution in [-0.4, -0.2) is 34.6 Å². The number of alkyl halides is 1. The third-order valence-corrected chi connectivity index (χ3v) is 4.50. The van der Waals surface area contributed by atoms with Gasteiger partial charge in [0.25, 0.3) is 5.91 Å². The van der Waals surface area contributed by atoms with E-state index in [1.165, 1.54) is 6.92 Å². The Bertz CT molecular complexity index is 913. The monoisotopic (exact) mass is 400 g/mol. The maximum absolute atomic E-state index is 12.9. The van der Waals surface area contributed by atoms with E-state index in [9.17, 15) is 14.0 Å². The molecule has 1 aliphatic rings. The Kier molecular flexibility index (Phi) is 6.41. The summed E-state index contributed by atoms with van der Waals surface area (Å²) < 4.78 is 18.3. The number of ether oxygens (including phenoxy) is 1. The third kappa shape index (κ3) is 5.97. The average molecular weight is 400 g/mol. The highest BCUT2D eigenvalue weighted by Crippen LogP contribution is 2.29. The average Bonchev–Trinajstić information content (AvgIpc) is 3.50. The van der Waals surface area contributed by atoms with Crippen molar-refractivity contribution in [3.63, 3.8) is 0 Å². The normalized spacial score (nSPS) is 14.2. The molecule has 2 N–H and O–H groups in total. The first kappa shape index (κ1) is 20.7. The highest BCUT2D eigenvalue weighted by Gasteiger charge is 2.30. The van der Waals surface area contributed by atoms with Gasteiger partial charge in [-0.1, -0.05) is 6.07 Å². The molecule has 1 atom stereocenters. The van der Waals surface area contributed by atoms with Gasteiger partial charge in [0.1, 0.15) is 24.2 Å². The maximum Gasteiger partial charge on any atom is 0.270 e. The number of hydrogen-bond acceptors (Lipinski definition) is 5. The van der Waals surface area contributed by atoms with Crippen molar-refractivity contribution in [3.05, 3.63) is 46.8 Å². The van der Waals surface area contributed by atoms with E-state index in [1.54, 1.807) is 19.1 Å². The van der Waals surface area contributed by atoms with E-state index in [2.05, 4.69) is 20.6 Å². The number of nitrogens with zero attached hydrogens (tertiary/aromatic N) is 2. The van der Waals surface area contributed by atoms with Crippen LogP contribution in [0.2, 0.25) is 0 Å².